The number of fused-ring (bicyclic) bond motifs is 5. The van der Waals surface area contributed by atoms with Gasteiger partial charge in [0.25, 0.3) is 0 Å². The highest BCUT2D eigenvalue weighted by molar-refractivity contribution is 6.29. The van der Waals surface area contributed by atoms with Crippen molar-refractivity contribution < 1.29 is 9.57 Å². The molecular weight excluding hydrogens is 326 g/mol. The van der Waals surface area contributed by atoms with Crippen molar-refractivity contribution >= 4 is 16.6 Å². The molecule has 3 aromatic rings. The molecule has 5 nitrogen and oxygen atoms in total. The van der Waals surface area contributed by atoms with Crippen molar-refractivity contribution in [3.05, 3.63) is 59.8 Å². The first kappa shape index (κ1) is 16.5. The Kier molecular flexibility index (Phi) is 4.31. The van der Waals surface area contributed by atoms with E-state index >= 15 is 0 Å². The van der Waals surface area contributed by atoms with Gasteiger partial charge in [-0.2, -0.15) is 0 Å². The average Bonchev–Trinajstić information content (AvgIpc) is 2.98. The largest absolute Gasteiger partial charge is 0.497 e. The fourth-order valence-corrected chi connectivity index (χ4v) is 3.24. The average molecular weight is 347 g/mol. The Morgan fingerprint density at radius 3 is 2.69 bits per heavy atom. The second kappa shape index (κ2) is 6.77. The number of oxime groups is 1. The molecular formula is C21H21N3O2. The third-order valence-electron chi connectivity index (χ3n) is 4.57. The topological polar surface area (TPSA) is 47.0 Å². The van der Waals surface area contributed by atoms with Crippen LogP contribution in [0.1, 0.15) is 11.1 Å². The van der Waals surface area contributed by atoms with Crippen molar-refractivity contribution in [3.8, 4) is 16.9 Å². The van der Waals surface area contributed by atoms with Gasteiger partial charge in [-0.3, -0.25) is 4.98 Å². The Labute approximate surface area is 152 Å². The van der Waals surface area contributed by atoms with Gasteiger partial charge < -0.3 is 14.5 Å². The van der Waals surface area contributed by atoms with Crippen molar-refractivity contribution in [2.24, 2.45) is 5.16 Å². The van der Waals surface area contributed by atoms with Gasteiger partial charge in [0.2, 0.25) is 0 Å². The summed E-state index contributed by atoms with van der Waals surface area (Å²) >= 11 is 0. The number of aromatic nitrogens is 1. The van der Waals surface area contributed by atoms with Crippen molar-refractivity contribution in [1.29, 1.82) is 0 Å². The molecule has 0 saturated heterocycles. The van der Waals surface area contributed by atoms with Gasteiger partial charge in [-0.15, -0.1) is 0 Å². The number of pyridine rings is 1. The summed E-state index contributed by atoms with van der Waals surface area (Å²) in [5, 5.41) is 5.59. The molecule has 0 saturated carbocycles. The van der Waals surface area contributed by atoms with Gasteiger partial charge in [0, 0.05) is 34.8 Å². The van der Waals surface area contributed by atoms with Crippen LogP contribution in [-0.2, 0) is 4.84 Å². The van der Waals surface area contributed by atoms with Crippen LogP contribution < -0.4 is 4.74 Å². The van der Waals surface area contributed by atoms with Gasteiger partial charge in [0.1, 0.15) is 18.1 Å². The zero-order valence-corrected chi connectivity index (χ0v) is 15.2. The number of ether oxygens (including phenoxy) is 1. The summed E-state index contributed by atoms with van der Waals surface area (Å²) < 4.78 is 5.41. The first-order valence-electron chi connectivity index (χ1n) is 8.60. The van der Waals surface area contributed by atoms with E-state index in [-0.39, 0.29) is 0 Å². The van der Waals surface area contributed by atoms with Crippen LogP contribution in [0.5, 0.6) is 5.75 Å². The Morgan fingerprint density at radius 2 is 1.88 bits per heavy atom. The van der Waals surface area contributed by atoms with E-state index in [0.29, 0.717) is 6.61 Å². The van der Waals surface area contributed by atoms with Gasteiger partial charge in [-0.1, -0.05) is 23.4 Å². The van der Waals surface area contributed by atoms with Gasteiger partial charge in [-0.05, 0) is 43.9 Å². The standard InChI is InChI=1S/C21H21N3O2/c1-24(2)10-11-26-23-21-17-12-14(25-3)8-9-15(17)18-13-22-19-7-5-4-6-16(19)20(18)21/h4-9,12-13H,10-11H2,1-3H3/b23-21+. The summed E-state index contributed by atoms with van der Waals surface area (Å²) in [6.45, 7) is 1.35. The number of methoxy groups -OCH3 is 1. The van der Waals surface area contributed by atoms with E-state index < -0.39 is 0 Å². The summed E-state index contributed by atoms with van der Waals surface area (Å²) in [7, 11) is 5.70. The Morgan fingerprint density at radius 1 is 1.04 bits per heavy atom. The molecule has 0 spiro atoms. The minimum Gasteiger partial charge on any atom is -0.497 e. The van der Waals surface area contributed by atoms with Crippen LogP contribution in [0.4, 0.5) is 0 Å². The smallest absolute Gasteiger partial charge is 0.129 e. The molecule has 0 atom stereocenters. The Balaban J connectivity index is 1.86. The lowest BCUT2D eigenvalue weighted by Crippen LogP contribution is -2.17. The van der Waals surface area contributed by atoms with Crippen LogP contribution in [0, 0.1) is 0 Å². The SMILES string of the molecule is COc1ccc2c(c1)/C(=N\OCCN(C)C)c1c-2cnc2ccccc12. The van der Waals surface area contributed by atoms with Crippen molar-refractivity contribution in [3.63, 3.8) is 0 Å². The minimum atomic E-state index is 0.536. The molecule has 2 aromatic carbocycles. The minimum absolute atomic E-state index is 0.536. The maximum Gasteiger partial charge on any atom is 0.129 e. The van der Waals surface area contributed by atoms with E-state index in [4.69, 9.17) is 9.57 Å². The monoisotopic (exact) mass is 347 g/mol. The molecule has 1 aromatic heterocycles. The van der Waals surface area contributed by atoms with Gasteiger partial charge in [-0.25, -0.2) is 0 Å². The lowest BCUT2D eigenvalue weighted by Gasteiger charge is -2.09. The molecule has 0 N–H and O–H groups in total. The molecule has 0 aliphatic heterocycles. The second-order valence-corrected chi connectivity index (χ2v) is 6.55. The van der Waals surface area contributed by atoms with Crippen LogP contribution >= 0.6 is 0 Å². The van der Waals surface area contributed by atoms with Crippen LogP contribution in [0.2, 0.25) is 0 Å². The molecule has 0 bridgehead atoms. The zero-order valence-electron chi connectivity index (χ0n) is 15.2. The summed E-state index contributed by atoms with van der Waals surface area (Å²) in [5.74, 6) is 0.801. The second-order valence-electron chi connectivity index (χ2n) is 6.55. The normalized spacial score (nSPS) is 13.9. The van der Waals surface area contributed by atoms with Crippen LogP contribution in [0.15, 0.2) is 53.8 Å². The van der Waals surface area contributed by atoms with Crippen molar-refractivity contribution in [2.45, 2.75) is 0 Å². The lowest BCUT2D eigenvalue weighted by molar-refractivity contribution is 0.126. The zero-order chi connectivity index (χ0) is 18.1. The number of hydrogen-bond acceptors (Lipinski definition) is 5. The molecule has 132 valence electrons. The number of benzene rings is 2. The molecule has 4 rings (SSSR count). The molecule has 1 heterocycles. The first-order valence-corrected chi connectivity index (χ1v) is 8.60. The number of para-hydroxylation sites is 1. The molecule has 0 amide bonds. The predicted molar refractivity (Wildman–Crippen MR) is 104 cm³/mol. The van der Waals surface area contributed by atoms with E-state index in [1.807, 2.05) is 50.6 Å². The molecule has 0 unspecified atom stereocenters. The highest BCUT2D eigenvalue weighted by Crippen LogP contribution is 2.41. The van der Waals surface area contributed by atoms with Crippen LogP contribution in [-0.4, -0.2) is 50.0 Å². The van der Waals surface area contributed by atoms with Crippen LogP contribution in [0.25, 0.3) is 22.0 Å². The number of likely N-dealkylation sites (N-methyl/N-ethyl adjacent to an activating group) is 1. The van der Waals surface area contributed by atoms with Crippen LogP contribution in [0.3, 0.4) is 0 Å². The molecule has 1 aliphatic carbocycles. The van der Waals surface area contributed by atoms with Crippen molar-refractivity contribution in [2.75, 3.05) is 34.4 Å². The van der Waals surface area contributed by atoms with Gasteiger partial charge in [0.15, 0.2) is 0 Å². The van der Waals surface area contributed by atoms with E-state index in [1.54, 1.807) is 7.11 Å². The molecule has 0 fully saturated rings. The summed E-state index contributed by atoms with van der Waals surface area (Å²) in [4.78, 5) is 12.3. The van der Waals surface area contributed by atoms with E-state index in [9.17, 15) is 0 Å². The fraction of sp³-hybridized carbons (Fsp3) is 0.238. The quantitative estimate of drug-likeness (QED) is 0.409. The maximum absolute atomic E-state index is 5.65. The Hall–Kier alpha value is -2.92. The third-order valence-corrected chi connectivity index (χ3v) is 4.57. The van der Waals surface area contributed by atoms with E-state index in [2.05, 4.69) is 27.2 Å². The first-order chi connectivity index (χ1) is 12.7. The number of rotatable bonds is 5. The fourth-order valence-electron chi connectivity index (χ4n) is 3.24. The highest BCUT2D eigenvalue weighted by Gasteiger charge is 2.28. The Bertz CT molecular complexity index is 996. The van der Waals surface area contributed by atoms with Gasteiger partial charge in [0.05, 0.1) is 12.6 Å². The summed E-state index contributed by atoms with van der Waals surface area (Å²) in [6, 6.07) is 14.2. The van der Waals surface area contributed by atoms with E-state index in [1.165, 1.54) is 0 Å². The molecule has 5 heteroatoms. The van der Waals surface area contributed by atoms with E-state index in [0.717, 1.165) is 51.2 Å². The summed E-state index contributed by atoms with van der Waals surface area (Å²) in [5.41, 5.74) is 6.06. The molecule has 0 radical (unpaired) electrons. The predicted octanol–water partition coefficient (Wildman–Crippen LogP) is 3.55. The number of hydrogen-bond donors (Lipinski definition) is 0. The highest BCUT2D eigenvalue weighted by atomic mass is 16.6. The van der Waals surface area contributed by atoms with Gasteiger partial charge >= 0.3 is 0 Å². The van der Waals surface area contributed by atoms with Crippen molar-refractivity contribution in [1.82, 2.24) is 9.88 Å². The lowest BCUT2D eigenvalue weighted by atomic mass is 10.0. The third kappa shape index (κ3) is 2.80. The maximum atomic E-state index is 5.65. The number of nitrogens with zero attached hydrogens (tertiary/aromatic N) is 3. The summed E-state index contributed by atoms with van der Waals surface area (Å²) in [6.07, 6.45) is 1.92. The molecule has 1 aliphatic rings. The molecule has 26 heavy (non-hydrogen) atoms.